The molecule has 0 aliphatic carbocycles. The van der Waals surface area contributed by atoms with Gasteiger partial charge in [-0.1, -0.05) is 64.5 Å². The number of rotatable bonds is 9. The van der Waals surface area contributed by atoms with E-state index in [-0.39, 0.29) is 23.7 Å². The molecule has 6 nitrogen and oxygen atoms in total. The third kappa shape index (κ3) is 6.65. The highest BCUT2D eigenvalue weighted by Gasteiger charge is 2.15. The van der Waals surface area contributed by atoms with E-state index in [1.54, 1.807) is 0 Å². The third-order valence-electron chi connectivity index (χ3n) is 5.56. The predicted molar refractivity (Wildman–Crippen MR) is 145 cm³/mol. The standard InChI is InChI=1S/C24H34N6.C2H6.4H2/c1-5-8-21(26-4)24-29-16-22(30-24)19-10-7-9-18(15-19)17-11-13-27-23(28-14-12-17)20(6-2)25-3;1-2;;;;/h7,9-17,20-21,25-26H,5-6,8H2,1-4H3,(H,27,28)(H,29,30);1-2H3;4*1H/b13-11+,14-12+;;;;;/t20-,21-;;;;;/m0...../s1. The molecule has 6 heteroatoms. The second-order valence-corrected chi connectivity index (χ2v) is 7.57. The summed E-state index contributed by atoms with van der Waals surface area (Å²) in [5, 5.41) is 9.97. The molecule has 1 unspecified atom stereocenters. The summed E-state index contributed by atoms with van der Waals surface area (Å²) < 4.78 is 0. The highest BCUT2D eigenvalue weighted by molar-refractivity contribution is 5.88. The summed E-state index contributed by atoms with van der Waals surface area (Å²) in [6.45, 7) is 8.34. The van der Waals surface area contributed by atoms with Crippen molar-refractivity contribution in [2.45, 2.75) is 65.0 Å². The second kappa shape index (κ2) is 13.7. The number of hydrogen-bond donors (Lipinski definition) is 4. The van der Waals surface area contributed by atoms with Gasteiger partial charge in [0.25, 0.3) is 0 Å². The summed E-state index contributed by atoms with van der Waals surface area (Å²) in [4.78, 5) is 12.7. The SMILES string of the molecule is CC.CCC[C@H](NC)c1ncc(-c2cccc(C3/C=C/N=C([C@H](CC)NC)N/C=C/3)c2)[nH]1.[HH].[HH].[HH].[HH]. The van der Waals surface area contributed by atoms with Crippen LogP contribution in [0.4, 0.5) is 0 Å². The molecule has 0 bridgehead atoms. The van der Waals surface area contributed by atoms with Crippen LogP contribution in [0.2, 0.25) is 0 Å². The Kier molecular flexibility index (Phi) is 10.9. The van der Waals surface area contributed by atoms with Gasteiger partial charge >= 0.3 is 0 Å². The molecule has 2 aromatic rings. The Morgan fingerprint density at radius 1 is 1.09 bits per heavy atom. The average Bonchev–Trinajstić information content (AvgIpc) is 3.31. The van der Waals surface area contributed by atoms with Crippen LogP contribution < -0.4 is 16.0 Å². The van der Waals surface area contributed by atoms with Crippen molar-refractivity contribution in [1.82, 2.24) is 25.9 Å². The summed E-state index contributed by atoms with van der Waals surface area (Å²) in [7, 11) is 3.94. The highest BCUT2D eigenvalue weighted by atomic mass is 15.0. The topological polar surface area (TPSA) is 77.1 Å². The maximum Gasteiger partial charge on any atom is 0.123 e. The van der Waals surface area contributed by atoms with Gasteiger partial charge in [0.1, 0.15) is 11.7 Å². The molecule has 3 atom stereocenters. The summed E-state index contributed by atoms with van der Waals surface area (Å²) >= 11 is 0. The lowest BCUT2D eigenvalue weighted by molar-refractivity contribution is 0.518. The number of allylic oxidation sites excluding steroid dienone is 2. The molecule has 0 saturated heterocycles. The Hall–Kier alpha value is -2.70. The maximum absolute atomic E-state index is 4.62. The lowest BCUT2D eigenvalue weighted by atomic mass is 9.96. The summed E-state index contributed by atoms with van der Waals surface area (Å²) in [5.74, 6) is 2.09. The number of H-pyrrole nitrogens is 1. The molecule has 1 aliphatic heterocycles. The zero-order valence-corrected chi connectivity index (χ0v) is 20.4. The van der Waals surface area contributed by atoms with E-state index in [0.717, 1.165) is 42.2 Å². The number of hydrogen-bond acceptors (Lipinski definition) is 5. The number of aromatic amines is 1. The minimum absolute atomic E-state index is 0. The summed E-state index contributed by atoms with van der Waals surface area (Å²) in [6.07, 6.45) is 13.3. The Morgan fingerprint density at radius 2 is 1.88 bits per heavy atom. The van der Waals surface area contributed by atoms with Crippen molar-refractivity contribution in [3.05, 3.63) is 66.4 Å². The van der Waals surface area contributed by atoms with E-state index < -0.39 is 0 Å². The van der Waals surface area contributed by atoms with Crippen molar-refractivity contribution in [2.24, 2.45) is 4.99 Å². The minimum Gasteiger partial charge on any atom is -0.349 e. The monoisotopic (exact) mass is 444 g/mol. The van der Waals surface area contributed by atoms with Gasteiger partial charge in [-0.2, -0.15) is 0 Å². The Bertz CT molecular complexity index is 909. The van der Waals surface area contributed by atoms with E-state index in [0.29, 0.717) is 0 Å². The fraction of sp³-hybridized carbons (Fsp3) is 0.462. The van der Waals surface area contributed by atoms with Gasteiger partial charge in [-0.05, 0) is 50.3 Å². The normalized spacial score (nSPS) is 19.3. The minimum atomic E-state index is 0. The molecule has 4 N–H and O–H groups in total. The first-order chi connectivity index (χ1) is 15.7. The van der Waals surface area contributed by atoms with Gasteiger partial charge in [0.05, 0.1) is 24.0 Å². The molecule has 0 spiro atoms. The van der Waals surface area contributed by atoms with Crippen LogP contribution in [0, 0.1) is 0 Å². The lowest BCUT2D eigenvalue weighted by Crippen LogP contribution is -2.40. The number of aromatic nitrogens is 2. The molecular formula is C26H48N6. The van der Waals surface area contributed by atoms with Crippen molar-refractivity contribution >= 4 is 5.84 Å². The van der Waals surface area contributed by atoms with E-state index in [4.69, 9.17) is 0 Å². The number of nitrogens with one attached hydrogen (secondary N) is 4. The largest absolute Gasteiger partial charge is 0.349 e. The quantitative estimate of drug-likeness (QED) is 0.368. The van der Waals surface area contributed by atoms with Crippen LogP contribution in [0.5, 0.6) is 0 Å². The molecule has 1 aliphatic rings. The van der Waals surface area contributed by atoms with Gasteiger partial charge in [-0.3, -0.25) is 0 Å². The van der Waals surface area contributed by atoms with Crippen LogP contribution in [0.25, 0.3) is 11.3 Å². The van der Waals surface area contributed by atoms with E-state index >= 15 is 0 Å². The van der Waals surface area contributed by atoms with Crippen LogP contribution >= 0.6 is 0 Å². The molecule has 3 rings (SSSR count). The van der Waals surface area contributed by atoms with E-state index in [9.17, 15) is 0 Å². The lowest BCUT2D eigenvalue weighted by Gasteiger charge is -2.18. The summed E-state index contributed by atoms with van der Waals surface area (Å²) in [6, 6.07) is 9.08. The number of amidine groups is 1. The van der Waals surface area contributed by atoms with Crippen molar-refractivity contribution in [2.75, 3.05) is 14.1 Å². The zero-order valence-electron chi connectivity index (χ0n) is 20.4. The molecule has 0 amide bonds. The van der Waals surface area contributed by atoms with Gasteiger partial charge in [0, 0.05) is 17.8 Å². The smallest absolute Gasteiger partial charge is 0.123 e. The van der Waals surface area contributed by atoms with E-state index in [2.05, 4.69) is 81.2 Å². The molecule has 32 heavy (non-hydrogen) atoms. The molecule has 1 aromatic heterocycles. The van der Waals surface area contributed by atoms with E-state index in [1.165, 1.54) is 5.56 Å². The number of nitrogens with zero attached hydrogens (tertiary/aromatic N) is 2. The van der Waals surface area contributed by atoms with Crippen molar-refractivity contribution in [3.63, 3.8) is 0 Å². The third-order valence-corrected chi connectivity index (χ3v) is 5.56. The Morgan fingerprint density at radius 3 is 2.56 bits per heavy atom. The fourth-order valence-electron chi connectivity index (χ4n) is 3.78. The summed E-state index contributed by atoms with van der Waals surface area (Å²) in [5.41, 5.74) is 3.40. The van der Waals surface area contributed by atoms with Gasteiger partial charge < -0.3 is 20.9 Å². The van der Waals surface area contributed by atoms with Crippen LogP contribution in [0.3, 0.4) is 0 Å². The molecule has 1 aromatic carbocycles. The van der Waals surface area contributed by atoms with Crippen LogP contribution in [0.1, 0.15) is 76.0 Å². The van der Waals surface area contributed by atoms with Crippen molar-refractivity contribution in [3.8, 4) is 11.3 Å². The molecule has 0 fully saturated rings. The van der Waals surface area contributed by atoms with Crippen LogP contribution in [-0.4, -0.2) is 35.9 Å². The Balaban J connectivity index is -0.00000177. The van der Waals surface area contributed by atoms with E-state index in [1.807, 2.05) is 46.5 Å². The number of benzene rings is 1. The second-order valence-electron chi connectivity index (χ2n) is 7.57. The maximum atomic E-state index is 4.62. The number of aliphatic imine (C=N–C) groups is 1. The molecular weight excluding hydrogens is 396 g/mol. The Labute approximate surface area is 199 Å². The highest BCUT2D eigenvalue weighted by Crippen LogP contribution is 2.26. The zero-order chi connectivity index (χ0) is 23.3. The fourth-order valence-corrected chi connectivity index (χ4v) is 3.78. The molecule has 0 radical (unpaired) electrons. The number of likely N-dealkylation sites (N-methyl/N-ethyl adjacent to an activating group) is 1. The molecule has 2 heterocycles. The first-order valence-corrected chi connectivity index (χ1v) is 11.9. The van der Waals surface area contributed by atoms with Crippen LogP contribution in [-0.2, 0) is 0 Å². The van der Waals surface area contributed by atoms with Crippen LogP contribution in [0.15, 0.2) is 60.0 Å². The first-order valence-electron chi connectivity index (χ1n) is 11.9. The van der Waals surface area contributed by atoms with Gasteiger partial charge in [0.15, 0.2) is 0 Å². The van der Waals surface area contributed by atoms with Gasteiger partial charge in [-0.25, -0.2) is 9.98 Å². The molecule has 0 saturated carbocycles. The van der Waals surface area contributed by atoms with Gasteiger partial charge in [0.2, 0.25) is 0 Å². The van der Waals surface area contributed by atoms with Crippen molar-refractivity contribution in [1.29, 1.82) is 0 Å². The van der Waals surface area contributed by atoms with Crippen molar-refractivity contribution < 1.29 is 5.71 Å². The first kappa shape index (κ1) is 25.6. The predicted octanol–water partition coefficient (Wildman–Crippen LogP) is 6.26. The molecule has 182 valence electrons. The van der Waals surface area contributed by atoms with Gasteiger partial charge in [-0.15, -0.1) is 0 Å². The number of imidazole rings is 1. The average molecular weight is 445 g/mol.